The van der Waals surface area contributed by atoms with Crippen LogP contribution in [0.25, 0.3) is 0 Å². The van der Waals surface area contributed by atoms with Gasteiger partial charge in [0.2, 0.25) is 0 Å². The number of aliphatic imine (C=N–C) groups is 1. The molecule has 0 aromatic heterocycles. The predicted molar refractivity (Wildman–Crippen MR) is 76.4 cm³/mol. The van der Waals surface area contributed by atoms with Gasteiger partial charge < -0.3 is 4.90 Å². The number of benzene rings is 2. The lowest BCUT2D eigenvalue weighted by Crippen LogP contribution is -2.20. The number of rotatable bonds is 3. The SMILES string of the molecule is C1=NCN(c2ccccc2Cc2ccccc2)C1. The Kier molecular flexibility index (Phi) is 3.09. The molecule has 0 radical (unpaired) electrons. The fourth-order valence-corrected chi connectivity index (χ4v) is 2.33. The van der Waals surface area contributed by atoms with Crippen LogP contribution >= 0.6 is 0 Å². The molecular weight excluding hydrogens is 220 g/mol. The summed E-state index contributed by atoms with van der Waals surface area (Å²) >= 11 is 0. The number of hydrogen-bond donors (Lipinski definition) is 0. The van der Waals surface area contributed by atoms with Crippen molar-refractivity contribution in [3.8, 4) is 0 Å². The standard InChI is InChI=1S/C16H16N2/c1-2-6-14(7-3-1)12-15-8-4-5-9-16(15)18-11-10-17-13-18/h1-10H,11-13H2. The van der Waals surface area contributed by atoms with Gasteiger partial charge >= 0.3 is 0 Å². The van der Waals surface area contributed by atoms with Crippen molar-refractivity contribution in [3.05, 3.63) is 65.7 Å². The van der Waals surface area contributed by atoms with Crippen LogP contribution in [-0.2, 0) is 6.42 Å². The van der Waals surface area contributed by atoms with E-state index in [2.05, 4.69) is 64.5 Å². The lowest BCUT2D eigenvalue weighted by molar-refractivity contribution is 0.942. The Balaban J connectivity index is 1.87. The summed E-state index contributed by atoms with van der Waals surface area (Å²) in [6.45, 7) is 1.71. The molecule has 1 aliphatic rings. The second-order valence-corrected chi connectivity index (χ2v) is 4.52. The molecule has 0 saturated heterocycles. The normalized spacial score (nSPS) is 14.1. The minimum Gasteiger partial charge on any atom is -0.347 e. The Labute approximate surface area is 108 Å². The van der Waals surface area contributed by atoms with Gasteiger partial charge in [-0.3, -0.25) is 4.99 Å². The minimum atomic E-state index is 0.784. The van der Waals surface area contributed by atoms with Crippen LogP contribution in [0.3, 0.4) is 0 Å². The summed E-state index contributed by atoms with van der Waals surface area (Å²) in [4.78, 5) is 6.59. The first kappa shape index (κ1) is 11.0. The van der Waals surface area contributed by atoms with Crippen molar-refractivity contribution in [2.45, 2.75) is 6.42 Å². The quantitative estimate of drug-likeness (QED) is 0.799. The van der Waals surface area contributed by atoms with Crippen LogP contribution in [0.5, 0.6) is 0 Å². The van der Waals surface area contributed by atoms with Crippen LogP contribution in [-0.4, -0.2) is 19.4 Å². The number of nitrogens with zero attached hydrogens (tertiary/aromatic N) is 2. The van der Waals surface area contributed by atoms with Crippen LogP contribution in [0.4, 0.5) is 5.69 Å². The van der Waals surface area contributed by atoms with Crippen LogP contribution in [0, 0.1) is 0 Å². The summed E-state index contributed by atoms with van der Waals surface area (Å²) in [5.41, 5.74) is 4.03. The van der Waals surface area contributed by atoms with E-state index in [9.17, 15) is 0 Å². The molecule has 0 amide bonds. The zero-order valence-electron chi connectivity index (χ0n) is 10.3. The highest BCUT2D eigenvalue weighted by Crippen LogP contribution is 2.23. The van der Waals surface area contributed by atoms with E-state index >= 15 is 0 Å². The van der Waals surface area contributed by atoms with Crippen molar-refractivity contribution in [2.24, 2.45) is 4.99 Å². The first-order valence-electron chi connectivity index (χ1n) is 6.28. The lowest BCUT2D eigenvalue weighted by Gasteiger charge is -2.20. The van der Waals surface area contributed by atoms with Crippen molar-refractivity contribution in [1.82, 2.24) is 0 Å². The zero-order valence-corrected chi connectivity index (χ0v) is 10.3. The van der Waals surface area contributed by atoms with E-state index in [1.807, 2.05) is 6.21 Å². The summed E-state index contributed by atoms with van der Waals surface area (Å²) < 4.78 is 0. The average Bonchev–Trinajstić information content (AvgIpc) is 2.94. The smallest absolute Gasteiger partial charge is 0.110 e. The van der Waals surface area contributed by atoms with Gasteiger partial charge in [0.05, 0.1) is 6.54 Å². The third kappa shape index (κ3) is 2.28. The van der Waals surface area contributed by atoms with Gasteiger partial charge in [0.15, 0.2) is 0 Å². The molecule has 0 fully saturated rings. The number of anilines is 1. The Bertz CT molecular complexity index is 538. The molecule has 0 bridgehead atoms. The highest BCUT2D eigenvalue weighted by Gasteiger charge is 2.12. The molecule has 0 spiro atoms. The second-order valence-electron chi connectivity index (χ2n) is 4.52. The van der Waals surface area contributed by atoms with E-state index < -0.39 is 0 Å². The molecule has 0 aliphatic carbocycles. The molecule has 3 rings (SSSR count). The summed E-state index contributed by atoms with van der Waals surface area (Å²) in [5.74, 6) is 0. The Hall–Kier alpha value is -2.09. The fourth-order valence-electron chi connectivity index (χ4n) is 2.33. The summed E-state index contributed by atoms with van der Waals surface area (Å²) in [7, 11) is 0. The van der Waals surface area contributed by atoms with E-state index in [-0.39, 0.29) is 0 Å². The van der Waals surface area contributed by atoms with Gasteiger partial charge in [0.25, 0.3) is 0 Å². The lowest BCUT2D eigenvalue weighted by atomic mass is 10.0. The summed E-state index contributed by atoms with van der Waals surface area (Å²) in [5, 5.41) is 0. The van der Waals surface area contributed by atoms with Crippen molar-refractivity contribution in [2.75, 3.05) is 18.1 Å². The average molecular weight is 236 g/mol. The molecule has 1 heterocycles. The summed E-state index contributed by atoms with van der Waals surface area (Å²) in [6.07, 6.45) is 2.97. The predicted octanol–water partition coefficient (Wildman–Crippen LogP) is 3.13. The maximum absolute atomic E-state index is 4.29. The van der Waals surface area contributed by atoms with Gasteiger partial charge in [-0.05, 0) is 23.6 Å². The Morgan fingerprint density at radius 3 is 2.50 bits per heavy atom. The maximum Gasteiger partial charge on any atom is 0.110 e. The fraction of sp³-hybridized carbons (Fsp3) is 0.188. The molecule has 0 N–H and O–H groups in total. The van der Waals surface area contributed by atoms with E-state index in [0.717, 1.165) is 19.6 Å². The zero-order chi connectivity index (χ0) is 12.2. The summed E-state index contributed by atoms with van der Waals surface area (Å²) in [6, 6.07) is 19.2. The molecule has 2 aromatic carbocycles. The molecule has 0 atom stereocenters. The van der Waals surface area contributed by atoms with E-state index in [0.29, 0.717) is 0 Å². The molecule has 0 saturated carbocycles. The Morgan fingerprint density at radius 1 is 0.944 bits per heavy atom. The van der Waals surface area contributed by atoms with Gasteiger partial charge in [0, 0.05) is 11.9 Å². The van der Waals surface area contributed by atoms with Crippen molar-refractivity contribution in [1.29, 1.82) is 0 Å². The van der Waals surface area contributed by atoms with Crippen molar-refractivity contribution < 1.29 is 0 Å². The molecule has 2 heteroatoms. The minimum absolute atomic E-state index is 0.784. The van der Waals surface area contributed by atoms with Gasteiger partial charge in [-0.1, -0.05) is 48.5 Å². The van der Waals surface area contributed by atoms with E-state index in [1.54, 1.807) is 0 Å². The topological polar surface area (TPSA) is 15.6 Å². The van der Waals surface area contributed by atoms with Gasteiger partial charge in [-0.25, -0.2) is 0 Å². The molecule has 1 aliphatic heterocycles. The number of hydrogen-bond acceptors (Lipinski definition) is 2. The van der Waals surface area contributed by atoms with Crippen LogP contribution < -0.4 is 4.90 Å². The highest BCUT2D eigenvalue weighted by atomic mass is 15.2. The van der Waals surface area contributed by atoms with Crippen LogP contribution in [0.15, 0.2) is 59.6 Å². The van der Waals surface area contributed by atoms with Crippen molar-refractivity contribution in [3.63, 3.8) is 0 Å². The van der Waals surface area contributed by atoms with Gasteiger partial charge in [-0.2, -0.15) is 0 Å². The van der Waals surface area contributed by atoms with Crippen molar-refractivity contribution >= 4 is 11.9 Å². The van der Waals surface area contributed by atoms with Crippen LogP contribution in [0.2, 0.25) is 0 Å². The Morgan fingerprint density at radius 2 is 1.72 bits per heavy atom. The van der Waals surface area contributed by atoms with E-state index in [4.69, 9.17) is 0 Å². The molecule has 90 valence electrons. The maximum atomic E-state index is 4.29. The first-order chi connectivity index (χ1) is 8.93. The van der Waals surface area contributed by atoms with E-state index in [1.165, 1.54) is 16.8 Å². The molecule has 2 aromatic rings. The monoisotopic (exact) mass is 236 g/mol. The number of para-hydroxylation sites is 1. The van der Waals surface area contributed by atoms with Gasteiger partial charge in [-0.15, -0.1) is 0 Å². The molecule has 2 nitrogen and oxygen atoms in total. The largest absolute Gasteiger partial charge is 0.347 e. The highest BCUT2D eigenvalue weighted by molar-refractivity contribution is 5.71. The third-order valence-electron chi connectivity index (χ3n) is 3.25. The van der Waals surface area contributed by atoms with Gasteiger partial charge in [0.1, 0.15) is 6.67 Å². The second kappa shape index (κ2) is 5.05. The third-order valence-corrected chi connectivity index (χ3v) is 3.25. The first-order valence-corrected chi connectivity index (χ1v) is 6.28. The van der Waals surface area contributed by atoms with Crippen LogP contribution in [0.1, 0.15) is 11.1 Å². The molecule has 18 heavy (non-hydrogen) atoms. The molecule has 0 unspecified atom stereocenters. The molecular formula is C16H16N2.